The number of halogens is 1. The summed E-state index contributed by atoms with van der Waals surface area (Å²) in [4.78, 5) is 24.1. The van der Waals surface area contributed by atoms with E-state index in [0.29, 0.717) is 18.8 Å². The van der Waals surface area contributed by atoms with Crippen LogP contribution < -0.4 is 9.64 Å². The topological polar surface area (TPSA) is 66.8 Å². The summed E-state index contributed by atoms with van der Waals surface area (Å²) in [6.07, 6.45) is 0.883. The van der Waals surface area contributed by atoms with Crippen LogP contribution in [0.25, 0.3) is 0 Å². The monoisotopic (exact) mass is 265 g/mol. The van der Waals surface area contributed by atoms with Crippen LogP contribution in [0.1, 0.15) is 12.0 Å². The molecule has 3 rings (SSSR count). The summed E-state index contributed by atoms with van der Waals surface area (Å²) in [5.41, 5.74) is 1.00. The molecule has 2 aliphatic heterocycles. The minimum Gasteiger partial charge on any atom is -0.493 e. The molecule has 0 saturated carbocycles. The van der Waals surface area contributed by atoms with Crippen molar-refractivity contribution in [3.05, 3.63) is 23.5 Å². The van der Waals surface area contributed by atoms with Crippen LogP contribution in [0.2, 0.25) is 0 Å². The van der Waals surface area contributed by atoms with Gasteiger partial charge < -0.3 is 14.7 Å². The molecule has 1 fully saturated rings. The molecule has 0 spiro atoms. The number of carboxylic acid groups (broad SMARTS) is 1. The van der Waals surface area contributed by atoms with E-state index in [0.717, 1.165) is 5.56 Å². The summed E-state index contributed by atoms with van der Waals surface area (Å²) in [7, 11) is 0. The average molecular weight is 265 g/mol. The van der Waals surface area contributed by atoms with Gasteiger partial charge in [-0.25, -0.2) is 4.39 Å². The number of ether oxygens (including phenoxy) is 1. The van der Waals surface area contributed by atoms with Gasteiger partial charge in [0.15, 0.2) is 5.82 Å². The van der Waals surface area contributed by atoms with Gasteiger partial charge >= 0.3 is 5.97 Å². The molecular formula is C13H12FNO4. The lowest BCUT2D eigenvalue weighted by molar-refractivity contribution is -0.144. The molecule has 1 atom stereocenters. The number of hydrogen-bond donors (Lipinski definition) is 1. The molecule has 1 aromatic carbocycles. The number of aliphatic carboxylic acids is 1. The fourth-order valence-electron chi connectivity index (χ4n) is 2.54. The summed E-state index contributed by atoms with van der Waals surface area (Å²) in [6.45, 7) is 0.732. The van der Waals surface area contributed by atoms with Gasteiger partial charge in [-0.2, -0.15) is 0 Å². The predicted molar refractivity (Wildman–Crippen MR) is 63.7 cm³/mol. The van der Waals surface area contributed by atoms with Gasteiger partial charge in [0.25, 0.3) is 0 Å². The lowest BCUT2D eigenvalue weighted by Gasteiger charge is -2.17. The first kappa shape index (κ1) is 12.0. The predicted octanol–water partition coefficient (Wildman–Crippen LogP) is 1.20. The second-order valence-electron chi connectivity index (χ2n) is 4.68. The van der Waals surface area contributed by atoms with Crippen LogP contribution in [-0.2, 0) is 16.0 Å². The quantitative estimate of drug-likeness (QED) is 0.816. The number of carbonyl (C=O) groups excluding carboxylic acids is 1. The summed E-state index contributed by atoms with van der Waals surface area (Å²) in [6, 6.07) is 2.85. The number of hydrogen-bond acceptors (Lipinski definition) is 3. The van der Waals surface area contributed by atoms with E-state index in [1.807, 2.05) is 0 Å². The highest BCUT2D eigenvalue weighted by atomic mass is 19.1. The SMILES string of the molecule is O=C(O)C1CCN(c2cc3c(cc2F)OCC3)C1=O. The molecule has 0 radical (unpaired) electrons. The van der Waals surface area contributed by atoms with Crippen molar-refractivity contribution in [2.75, 3.05) is 18.1 Å². The number of carbonyl (C=O) groups is 2. The molecule has 2 heterocycles. The first-order valence-electron chi connectivity index (χ1n) is 6.07. The van der Waals surface area contributed by atoms with Crippen molar-refractivity contribution in [2.24, 2.45) is 5.92 Å². The molecule has 100 valence electrons. The maximum absolute atomic E-state index is 14.0. The van der Waals surface area contributed by atoms with Gasteiger partial charge in [-0.05, 0) is 18.1 Å². The van der Waals surface area contributed by atoms with E-state index in [4.69, 9.17) is 9.84 Å². The number of amides is 1. The Balaban J connectivity index is 1.95. The second-order valence-corrected chi connectivity index (χ2v) is 4.68. The Labute approximate surface area is 108 Å². The molecule has 1 saturated heterocycles. The molecular weight excluding hydrogens is 253 g/mol. The van der Waals surface area contributed by atoms with Crippen molar-refractivity contribution >= 4 is 17.6 Å². The van der Waals surface area contributed by atoms with E-state index in [1.165, 1.54) is 11.0 Å². The van der Waals surface area contributed by atoms with Crippen LogP contribution in [0, 0.1) is 11.7 Å². The van der Waals surface area contributed by atoms with E-state index in [2.05, 4.69) is 0 Å². The molecule has 6 heteroatoms. The van der Waals surface area contributed by atoms with Gasteiger partial charge in [0, 0.05) is 19.0 Å². The number of benzene rings is 1. The molecule has 0 aliphatic carbocycles. The van der Waals surface area contributed by atoms with E-state index < -0.39 is 23.6 Å². The number of anilines is 1. The van der Waals surface area contributed by atoms with Crippen LogP contribution in [0.3, 0.4) is 0 Å². The zero-order valence-corrected chi connectivity index (χ0v) is 10.1. The second kappa shape index (κ2) is 4.22. The summed E-state index contributed by atoms with van der Waals surface area (Å²) >= 11 is 0. The van der Waals surface area contributed by atoms with Crippen molar-refractivity contribution < 1.29 is 23.8 Å². The van der Waals surface area contributed by atoms with Crippen LogP contribution in [-0.4, -0.2) is 30.1 Å². The Morgan fingerprint density at radius 3 is 2.95 bits per heavy atom. The molecule has 1 unspecified atom stereocenters. The molecule has 1 amide bonds. The van der Waals surface area contributed by atoms with E-state index in [9.17, 15) is 14.0 Å². The van der Waals surface area contributed by atoms with Gasteiger partial charge in [0.2, 0.25) is 5.91 Å². The first-order valence-corrected chi connectivity index (χ1v) is 6.07. The molecule has 1 aromatic rings. The van der Waals surface area contributed by atoms with Gasteiger partial charge in [-0.1, -0.05) is 0 Å². The van der Waals surface area contributed by atoms with Gasteiger partial charge in [-0.15, -0.1) is 0 Å². The first-order chi connectivity index (χ1) is 9.08. The van der Waals surface area contributed by atoms with Crippen molar-refractivity contribution in [1.82, 2.24) is 0 Å². The number of rotatable bonds is 2. The third kappa shape index (κ3) is 1.83. The zero-order valence-electron chi connectivity index (χ0n) is 10.1. The third-order valence-corrected chi connectivity index (χ3v) is 3.55. The van der Waals surface area contributed by atoms with Crippen molar-refractivity contribution in [1.29, 1.82) is 0 Å². The van der Waals surface area contributed by atoms with E-state index in [-0.39, 0.29) is 18.7 Å². The zero-order chi connectivity index (χ0) is 13.6. The Hall–Kier alpha value is -2.11. The lowest BCUT2D eigenvalue weighted by Crippen LogP contribution is -2.30. The average Bonchev–Trinajstić information content (AvgIpc) is 2.94. The van der Waals surface area contributed by atoms with Crippen LogP contribution in [0.4, 0.5) is 10.1 Å². The number of fused-ring (bicyclic) bond motifs is 1. The molecule has 0 aromatic heterocycles. The molecule has 19 heavy (non-hydrogen) atoms. The fourth-order valence-corrected chi connectivity index (χ4v) is 2.54. The highest BCUT2D eigenvalue weighted by Gasteiger charge is 2.38. The Morgan fingerprint density at radius 1 is 1.47 bits per heavy atom. The standard InChI is InChI=1S/C13H12FNO4/c14-9-6-11-7(2-4-19-11)5-10(9)15-3-1-8(12(15)16)13(17)18/h5-6,8H,1-4H2,(H,17,18). The van der Waals surface area contributed by atoms with Crippen molar-refractivity contribution in [3.8, 4) is 5.75 Å². The molecule has 1 N–H and O–H groups in total. The largest absolute Gasteiger partial charge is 0.493 e. The molecule has 0 bridgehead atoms. The smallest absolute Gasteiger partial charge is 0.316 e. The van der Waals surface area contributed by atoms with Crippen LogP contribution in [0.15, 0.2) is 12.1 Å². The summed E-state index contributed by atoms with van der Waals surface area (Å²) in [5.74, 6) is -2.82. The number of carboxylic acids is 1. The Kier molecular flexibility index (Phi) is 2.66. The molecule has 2 aliphatic rings. The number of nitrogens with zero attached hydrogens (tertiary/aromatic N) is 1. The summed E-state index contributed by atoms with van der Waals surface area (Å²) in [5, 5.41) is 8.91. The maximum atomic E-state index is 14.0. The van der Waals surface area contributed by atoms with Crippen molar-refractivity contribution in [3.63, 3.8) is 0 Å². The highest BCUT2D eigenvalue weighted by molar-refractivity contribution is 6.07. The van der Waals surface area contributed by atoms with Gasteiger partial charge in [0.05, 0.1) is 12.3 Å². The molecule has 5 nitrogen and oxygen atoms in total. The Bertz CT molecular complexity index is 572. The van der Waals surface area contributed by atoms with Gasteiger partial charge in [0.1, 0.15) is 11.7 Å². The highest BCUT2D eigenvalue weighted by Crippen LogP contribution is 2.35. The van der Waals surface area contributed by atoms with Gasteiger partial charge in [-0.3, -0.25) is 9.59 Å². The normalized spacial score (nSPS) is 21.4. The minimum atomic E-state index is -1.16. The van der Waals surface area contributed by atoms with E-state index >= 15 is 0 Å². The lowest BCUT2D eigenvalue weighted by atomic mass is 10.1. The fraction of sp³-hybridized carbons (Fsp3) is 0.385. The van der Waals surface area contributed by atoms with Crippen molar-refractivity contribution in [2.45, 2.75) is 12.8 Å². The summed E-state index contributed by atoms with van der Waals surface area (Å²) < 4.78 is 19.2. The minimum absolute atomic E-state index is 0.151. The maximum Gasteiger partial charge on any atom is 0.316 e. The van der Waals surface area contributed by atoms with Crippen LogP contribution >= 0.6 is 0 Å². The van der Waals surface area contributed by atoms with E-state index in [1.54, 1.807) is 6.07 Å². The Morgan fingerprint density at radius 2 is 2.26 bits per heavy atom. The van der Waals surface area contributed by atoms with Crippen LogP contribution in [0.5, 0.6) is 5.75 Å². The third-order valence-electron chi connectivity index (χ3n) is 3.55.